The second kappa shape index (κ2) is 3.22. The van der Waals surface area contributed by atoms with Gasteiger partial charge >= 0.3 is 0 Å². The highest BCUT2D eigenvalue weighted by Gasteiger charge is 1.84. The second-order valence-electron chi connectivity index (χ2n) is 1.11. The van der Waals surface area contributed by atoms with Crippen LogP contribution >= 0.6 is 10.9 Å². The number of hydrogen-bond donors (Lipinski definition) is 1. The van der Waals surface area contributed by atoms with E-state index in [2.05, 4.69) is 0 Å². The predicted molar refractivity (Wildman–Crippen MR) is 31.1 cm³/mol. The quantitative estimate of drug-likeness (QED) is 0.512. The zero-order valence-corrected chi connectivity index (χ0v) is 4.96. The van der Waals surface area contributed by atoms with Crippen molar-refractivity contribution in [1.29, 1.82) is 0 Å². The monoisotopic (exact) mass is 105 g/mol. The van der Waals surface area contributed by atoms with E-state index in [1.54, 1.807) is 0 Å². The van der Waals surface area contributed by atoms with Gasteiger partial charge in [0, 0.05) is 0 Å². The van der Waals surface area contributed by atoms with Crippen molar-refractivity contribution in [2.75, 3.05) is 12.0 Å². The van der Waals surface area contributed by atoms with Crippen LogP contribution in [0.5, 0.6) is 0 Å². The Hall–Kier alpha value is 0.0200. The van der Waals surface area contributed by atoms with E-state index in [0.717, 1.165) is 5.75 Å². The van der Waals surface area contributed by atoms with Gasteiger partial charge in [-0.2, -0.15) is 10.9 Å². The van der Waals surface area contributed by atoms with Crippen LogP contribution < -0.4 is 0 Å². The van der Waals surface area contributed by atoms with Gasteiger partial charge in [-0.15, -0.1) is 0 Å². The molecule has 0 rings (SSSR count). The Morgan fingerprint density at radius 2 is 2.33 bits per heavy atom. The van der Waals surface area contributed by atoms with Gasteiger partial charge in [0.2, 0.25) is 5.62 Å². The lowest BCUT2D eigenvalue weighted by Gasteiger charge is -1.95. The number of carbonyl (C=O) groups excluding carboxylic acids is 1. The van der Waals surface area contributed by atoms with Crippen LogP contribution in [0.3, 0.4) is 0 Å². The van der Waals surface area contributed by atoms with Crippen LogP contribution in [0.15, 0.2) is 0 Å². The summed E-state index contributed by atoms with van der Waals surface area (Å²) in [5.41, 5.74) is 1.93. The van der Waals surface area contributed by atoms with Crippen LogP contribution in [-0.4, -0.2) is 17.6 Å². The molecule has 0 aromatic carbocycles. The van der Waals surface area contributed by atoms with E-state index in [0.29, 0.717) is 0 Å². The molecule has 0 amide bonds. The SMILES string of the molecule is CC[SH](C)[C]=O. The van der Waals surface area contributed by atoms with Crippen molar-refractivity contribution in [3.8, 4) is 0 Å². The molecule has 0 aliphatic heterocycles. The molecule has 0 heterocycles. The van der Waals surface area contributed by atoms with Crippen molar-refractivity contribution in [3.05, 3.63) is 0 Å². The van der Waals surface area contributed by atoms with E-state index in [9.17, 15) is 4.79 Å². The van der Waals surface area contributed by atoms with Crippen LogP contribution in [-0.2, 0) is 4.79 Å². The maximum absolute atomic E-state index is 9.64. The predicted octanol–water partition coefficient (Wildman–Crippen LogP) is 0.704. The molecular formula is C4H9OS. The molecule has 0 aliphatic carbocycles. The highest BCUT2D eigenvalue weighted by molar-refractivity contribution is 8.27. The first-order chi connectivity index (χ1) is 2.81. The van der Waals surface area contributed by atoms with Gasteiger partial charge in [-0.25, -0.2) is 0 Å². The fraction of sp³-hybridized carbons (Fsp3) is 0.750. The Balaban J connectivity index is 2.96. The molecule has 0 aliphatic rings. The molecule has 0 saturated heterocycles. The van der Waals surface area contributed by atoms with Crippen molar-refractivity contribution in [2.45, 2.75) is 6.92 Å². The largest absolute Gasteiger partial charge is 0.279 e. The van der Waals surface area contributed by atoms with E-state index in [-0.39, 0.29) is 10.9 Å². The molecule has 1 radical (unpaired) electrons. The second-order valence-corrected chi connectivity index (χ2v) is 3.32. The zero-order chi connectivity index (χ0) is 4.99. The standard InChI is InChI=1S/C4H9OS/c1-3-6(2)4-5/h6H,3H2,1-2H3. The minimum absolute atomic E-state index is 0.382. The van der Waals surface area contributed by atoms with Crippen molar-refractivity contribution >= 4 is 16.5 Å². The molecule has 0 aromatic rings. The van der Waals surface area contributed by atoms with E-state index in [1.807, 2.05) is 18.8 Å². The molecule has 1 unspecified atom stereocenters. The lowest BCUT2D eigenvalue weighted by atomic mass is 11.0. The molecule has 1 atom stereocenters. The summed E-state index contributed by atoms with van der Waals surface area (Å²) in [5, 5.41) is 0. The average molecular weight is 105 g/mol. The third-order valence-electron chi connectivity index (χ3n) is 0.630. The van der Waals surface area contributed by atoms with E-state index < -0.39 is 0 Å². The molecule has 0 N–H and O–H groups in total. The molecule has 0 fully saturated rings. The maximum Gasteiger partial charge on any atom is 0.244 e. The topological polar surface area (TPSA) is 17.1 Å². The number of hydrogen-bond acceptors (Lipinski definition) is 1. The maximum atomic E-state index is 9.64. The molecule has 37 valence electrons. The van der Waals surface area contributed by atoms with Crippen molar-refractivity contribution in [2.24, 2.45) is 0 Å². The number of rotatable bonds is 2. The summed E-state index contributed by atoms with van der Waals surface area (Å²) < 4.78 is 0. The Morgan fingerprint density at radius 3 is 2.33 bits per heavy atom. The van der Waals surface area contributed by atoms with Gasteiger partial charge in [0.25, 0.3) is 0 Å². The first-order valence-electron chi connectivity index (χ1n) is 1.90. The van der Waals surface area contributed by atoms with Crippen LogP contribution in [0.1, 0.15) is 6.92 Å². The van der Waals surface area contributed by atoms with Crippen molar-refractivity contribution in [3.63, 3.8) is 0 Å². The molecule has 2 heteroatoms. The first-order valence-corrected chi connectivity index (χ1v) is 3.87. The summed E-state index contributed by atoms with van der Waals surface area (Å²) in [6.07, 6.45) is 1.92. The van der Waals surface area contributed by atoms with Crippen LogP contribution in [0.25, 0.3) is 0 Å². The Kier molecular flexibility index (Phi) is 3.23. The Labute approximate surface area is 41.1 Å². The molecule has 1 nitrogen and oxygen atoms in total. The zero-order valence-electron chi connectivity index (χ0n) is 4.06. The average Bonchev–Trinajstić information content (AvgIpc) is 1.65. The summed E-state index contributed by atoms with van der Waals surface area (Å²) in [4.78, 5) is 9.64. The molecular weight excluding hydrogens is 96.1 g/mol. The Morgan fingerprint density at radius 1 is 1.83 bits per heavy atom. The molecule has 0 spiro atoms. The third-order valence-corrected chi connectivity index (χ3v) is 1.89. The highest BCUT2D eigenvalue weighted by atomic mass is 32.2. The van der Waals surface area contributed by atoms with Crippen molar-refractivity contribution < 1.29 is 4.79 Å². The normalized spacial score (nSPS) is 16.7. The minimum Gasteiger partial charge on any atom is -0.279 e. The summed E-state index contributed by atoms with van der Waals surface area (Å²) in [6, 6.07) is 0. The number of thiol groups is 1. The first kappa shape index (κ1) is 6.02. The van der Waals surface area contributed by atoms with Crippen LogP contribution in [0, 0.1) is 0 Å². The lowest BCUT2D eigenvalue weighted by molar-refractivity contribution is 0.569. The van der Waals surface area contributed by atoms with Crippen LogP contribution in [0.4, 0.5) is 0 Å². The third kappa shape index (κ3) is 2.27. The molecule has 0 saturated carbocycles. The molecule has 0 aromatic heterocycles. The van der Waals surface area contributed by atoms with Gasteiger partial charge in [0.05, 0.1) is 0 Å². The van der Waals surface area contributed by atoms with Gasteiger partial charge in [-0.05, 0) is 12.0 Å². The van der Waals surface area contributed by atoms with Crippen molar-refractivity contribution in [1.82, 2.24) is 0 Å². The summed E-state index contributed by atoms with van der Waals surface area (Å²) >= 11 is 0. The summed E-state index contributed by atoms with van der Waals surface area (Å²) in [5.74, 6) is 0.971. The smallest absolute Gasteiger partial charge is 0.244 e. The summed E-state index contributed by atoms with van der Waals surface area (Å²) in [6.45, 7) is 2.00. The van der Waals surface area contributed by atoms with E-state index >= 15 is 0 Å². The highest BCUT2D eigenvalue weighted by Crippen LogP contribution is 2.10. The van der Waals surface area contributed by atoms with E-state index in [1.165, 1.54) is 0 Å². The lowest BCUT2D eigenvalue weighted by Crippen LogP contribution is -1.77. The van der Waals surface area contributed by atoms with Crippen LogP contribution in [0.2, 0.25) is 0 Å². The van der Waals surface area contributed by atoms with Gasteiger partial charge in [0.15, 0.2) is 0 Å². The van der Waals surface area contributed by atoms with Gasteiger partial charge in [0.1, 0.15) is 0 Å². The fourth-order valence-electron chi connectivity index (χ4n) is 0.0645. The fourth-order valence-corrected chi connectivity index (χ4v) is 0.194. The minimum atomic E-state index is -0.382. The van der Waals surface area contributed by atoms with Gasteiger partial charge < -0.3 is 0 Å². The Bertz CT molecular complexity index is 44.8. The molecule has 6 heavy (non-hydrogen) atoms. The van der Waals surface area contributed by atoms with Gasteiger partial charge in [-0.1, -0.05) is 6.92 Å². The van der Waals surface area contributed by atoms with Gasteiger partial charge in [-0.3, -0.25) is 4.79 Å². The summed E-state index contributed by atoms with van der Waals surface area (Å²) in [7, 11) is -0.382. The van der Waals surface area contributed by atoms with E-state index in [4.69, 9.17) is 0 Å². The molecule has 0 bridgehead atoms.